The first kappa shape index (κ1) is 19.5. The zero-order chi connectivity index (χ0) is 19.9. The highest BCUT2D eigenvalue weighted by atomic mass is 16.2. The zero-order valence-electron chi connectivity index (χ0n) is 17.5. The number of hydrogen-bond donors (Lipinski definition) is 2. The highest BCUT2D eigenvalue weighted by Gasteiger charge is 2.55. The van der Waals surface area contributed by atoms with Crippen molar-refractivity contribution in [2.45, 2.75) is 71.9 Å². The van der Waals surface area contributed by atoms with Crippen LogP contribution in [-0.2, 0) is 16.1 Å². The van der Waals surface area contributed by atoms with Gasteiger partial charge in [0.1, 0.15) is 6.04 Å². The number of carbonyl (C=O) groups excluding carboxylic acids is 2. The Hall–Kier alpha value is -1.84. The quantitative estimate of drug-likeness (QED) is 0.782. The molecule has 2 amide bonds. The number of hydrogen-bond acceptors (Lipinski definition) is 2. The maximum absolute atomic E-state index is 13.4. The Morgan fingerprint density at radius 1 is 1.04 bits per heavy atom. The van der Waals surface area contributed by atoms with Gasteiger partial charge >= 0.3 is 0 Å². The van der Waals surface area contributed by atoms with E-state index in [4.69, 9.17) is 0 Å². The zero-order valence-corrected chi connectivity index (χ0v) is 17.5. The molecule has 1 aromatic carbocycles. The summed E-state index contributed by atoms with van der Waals surface area (Å²) in [5.41, 5.74) is 2.07. The lowest BCUT2D eigenvalue weighted by molar-refractivity contribution is -0.149. The fourth-order valence-corrected chi connectivity index (χ4v) is 6.32. The van der Waals surface area contributed by atoms with Crippen molar-refractivity contribution >= 4 is 11.8 Å². The summed E-state index contributed by atoms with van der Waals surface area (Å²) in [5, 5.41) is 6.22. The van der Waals surface area contributed by atoms with E-state index in [0.29, 0.717) is 6.54 Å². The fraction of sp³-hybridized carbons (Fsp3) is 0.667. The van der Waals surface area contributed by atoms with Gasteiger partial charge in [-0.15, -0.1) is 0 Å². The van der Waals surface area contributed by atoms with Gasteiger partial charge in [0, 0.05) is 12.0 Å². The fourth-order valence-electron chi connectivity index (χ4n) is 6.32. The van der Waals surface area contributed by atoms with Gasteiger partial charge in [0.2, 0.25) is 11.8 Å². The third-order valence-electron chi connectivity index (χ3n) is 7.47. The van der Waals surface area contributed by atoms with Crippen molar-refractivity contribution in [1.29, 1.82) is 0 Å². The summed E-state index contributed by atoms with van der Waals surface area (Å²) in [6.45, 7) is 6.58. The molecule has 0 radical (unpaired) electrons. The molecular formula is C24H34N2O2. The number of aryl methyl sites for hydroxylation is 1. The monoisotopic (exact) mass is 382 g/mol. The third-order valence-corrected chi connectivity index (χ3v) is 7.47. The second-order valence-electron chi connectivity index (χ2n) is 10.0. The number of carbonyl (C=O) groups is 2. The maximum atomic E-state index is 13.4. The van der Waals surface area contributed by atoms with Crippen molar-refractivity contribution in [2.24, 2.45) is 29.1 Å². The minimum Gasteiger partial charge on any atom is -0.350 e. The lowest BCUT2D eigenvalue weighted by Crippen LogP contribution is -2.58. The van der Waals surface area contributed by atoms with Gasteiger partial charge in [-0.1, -0.05) is 38.1 Å². The Bertz CT molecular complexity index is 719. The molecule has 1 atom stereocenters. The van der Waals surface area contributed by atoms with E-state index in [2.05, 4.69) is 23.6 Å². The molecule has 0 spiro atoms. The van der Waals surface area contributed by atoms with Gasteiger partial charge in [-0.2, -0.15) is 0 Å². The molecule has 4 nitrogen and oxygen atoms in total. The van der Waals surface area contributed by atoms with Gasteiger partial charge < -0.3 is 10.6 Å². The van der Waals surface area contributed by atoms with Gasteiger partial charge in [-0.05, 0) is 80.2 Å². The minimum absolute atomic E-state index is 0.0646. The second-order valence-corrected chi connectivity index (χ2v) is 10.0. The largest absolute Gasteiger partial charge is 0.350 e. The van der Waals surface area contributed by atoms with Crippen molar-refractivity contribution in [3.05, 3.63) is 35.4 Å². The highest BCUT2D eigenvalue weighted by molar-refractivity contribution is 5.90. The molecule has 4 heteroatoms. The van der Waals surface area contributed by atoms with Crippen LogP contribution < -0.4 is 10.6 Å². The van der Waals surface area contributed by atoms with Crippen LogP contribution in [0, 0.1) is 36.0 Å². The lowest BCUT2D eigenvalue weighted by atomic mass is 9.49. The highest BCUT2D eigenvalue weighted by Crippen LogP contribution is 2.60. The first-order valence-electron chi connectivity index (χ1n) is 11.0. The van der Waals surface area contributed by atoms with E-state index in [9.17, 15) is 9.59 Å². The van der Waals surface area contributed by atoms with Crippen LogP contribution in [0.15, 0.2) is 24.3 Å². The summed E-state index contributed by atoms with van der Waals surface area (Å²) >= 11 is 0. The molecule has 0 heterocycles. The van der Waals surface area contributed by atoms with E-state index in [0.717, 1.165) is 42.6 Å². The number of benzene rings is 1. The van der Waals surface area contributed by atoms with E-state index in [1.807, 2.05) is 32.0 Å². The van der Waals surface area contributed by atoms with Crippen LogP contribution in [0.1, 0.15) is 63.5 Å². The Labute approximate surface area is 168 Å². The molecule has 4 bridgehead atoms. The van der Waals surface area contributed by atoms with Gasteiger partial charge in [0.05, 0.1) is 0 Å². The molecule has 1 aromatic rings. The standard InChI is InChI=1S/C24H34N2O2/c1-15(2)21(22(27)25-14-20-7-5-4-6-16(20)3)26-23(28)24-11-17-8-18(12-24)10-19(9-17)13-24/h4-7,15,17-19,21H,8-14H2,1-3H3,(H,25,27)(H,26,28)/t17?,18?,19?,21-,24?/m1/s1. The van der Waals surface area contributed by atoms with Gasteiger partial charge in [0.15, 0.2) is 0 Å². The summed E-state index contributed by atoms with van der Waals surface area (Å²) in [5.74, 6) is 2.31. The molecule has 0 saturated heterocycles. The molecule has 4 fully saturated rings. The van der Waals surface area contributed by atoms with Crippen LogP contribution in [0.4, 0.5) is 0 Å². The Balaban J connectivity index is 1.41. The van der Waals surface area contributed by atoms with Gasteiger partial charge in [-0.3, -0.25) is 9.59 Å². The Morgan fingerprint density at radius 3 is 2.14 bits per heavy atom. The summed E-state index contributed by atoms with van der Waals surface area (Å²) in [7, 11) is 0. The van der Waals surface area contributed by atoms with Crippen molar-refractivity contribution in [3.63, 3.8) is 0 Å². The predicted octanol–water partition coefficient (Wildman–Crippen LogP) is 3.97. The van der Waals surface area contributed by atoms with Gasteiger partial charge in [-0.25, -0.2) is 0 Å². The summed E-state index contributed by atoms with van der Waals surface area (Å²) in [6.07, 6.45) is 7.03. The molecule has 0 aromatic heterocycles. The van der Waals surface area contributed by atoms with Crippen LogP contribution in [0.25, 0.3) is 0 Å². The van der Waals surface area contributed by atoms with Crippen LogP contribution in [-0.4, -0.2) is 17.9 Å². The molecule has 4 aliphatic carbocycles. The molecule has 4 saturated carbocycles. The molecule has 5 rings (SSSR count). The lowest BCUT2D eigenvalue weighted by Gasteiger charge is -2.55. The summed E-state index contributed by atoms with van der Waals surface area (Å²) < 4.78 is 0. The number of rotatable bonds is 6. The smallest absolute Gasteiger partial charge is 0.243 e. The molecule has 4 aliphatic rings. The Morgan fingerprint density at radius 2 is 1.61 bits per heavy atom. The van der Waals surface area contributed by atoms with E-state index in [1.54, 1.807) is 0 Å². The molecule has 0 aliphatic heterocycles. The summed E-state index contributed by atoms with van der Waals surface area (Å²) in [4.78, 5) is 26.3. The van der Waals surface area contributed by atoms with Crippen molar-refractivity contribution < 1.29 is 9.59 Å². The molecule has 28 heavy (non-hydrogen) atoms. The van der Waals surface area contributed by atoms with Crippen LogP contribution >= 0.6 is 0 Å². The van der Waals surface area contributed by atoms with Crippen molar-refractivity contribution in [1.82, 2.24) is 10.6 Å². The number of nitrogens with one attached hydrogen (secondary N) is 2. The topological polar surface area (TPSA) is 58.2 Å². The third kappa shape index (κ3) is 3.70. The first-order chi connectivity index (χ1) is 13.4. The van der Waals surface area contributed by atoms with Crippen molar-refractivity contribution in [3.8, 4) is 0 Å². The van der Waals surface area contributed by atoms with E-state index in [1.165, 1.54) is 24.8 Å². The SMILES string of the molecule is Cc1ccccc1CNC(=O)[C@H](NC(=O)C12CC3CC(CC(C3)C1)C2)C(C)C. The van der Waals surface area contributed by atoms with E-state index >= 15 is 0 Å². The number of amides is 2. The molecular weight excluding hydrogens is 348 g/mol. The average Bonchev–Trinajstić information content (AvgIpc) is 2.63. The average molecular weight is 383 g/mol. The second kappa shape index (κ2) is 7.53. The maximum Gasteiger partial charge on any atom is 0.243 e. The van der Waals surface area contributed by atoms with Crippen LogP contribution in [0.2, 0.25) is 0 Å². The first-order valence-corrected chi connectivity index (χ1v) is 11.0. The van der Waals surface area contributed by atoms with E-state index in [-0.39, 0.29) is 23.1 Å². The molecule has 2 N–H and O–H groups in total. The summed E-state index contributed by atoms with van der Waals surface area (Å²) in [6, 6.07) is 7.61. The predicted molar refractivity (Wildman–Crippen MR) is 110 cm³/mol. The molecule has 152 valence electrons. The minimum atomic E-state index is -0.468. The van der Waals surface area contributed by atoms with E-state index < -0.39 is 6.04 Å². The Kier molecular flexibility index (Phi) is 5.24. The normalized spacial score (nSPS) is 31.6. The van der Waals surface area contributed by atoms with Gasteiger partial charge in [0.25, 0.3) is 0 Å². The van der Waals surface area contributed by atoms with Crippen LogP contribution in [0.5, 0.6) is 0 Å². The molecule has 0 unspecified atom stereocenters. The van der Waals surface area contributed by atoms with Crippen molar-refractivity contribution in [2.75, 3.05) is 0 Å². The van der Waals surface area contributed by atoms with Crippen LogP contribution in [0.3, 0.4) is 0 Å².